The molecule has 0 spiro atoms. The predicted octanol–water partition coefficient (Wildman–Crippen LogP) is 4.24. The topological polar surface area (TPSA) is 60.8 Å². The SMILES string of the molecule is O=C1CC(c2ccc(-c3ccccc3O)cc2O)N1c1ccccc1. The van der Waals surface area contributed by atoms with E-state index in [1.807, 2.05) is 48.5 Å². The number of β-lactam (4-membered cyclic amide) rings is 1. The van der Waals surface area contributed by atoms with Crippen LogP contribution in [0, 0.1) is 0 Å². The van der Waals surface area contributed by atoms with Gasteiger partial charge in [-0.3, -0.25) is 4.79 Å². The van der Waals surface area contributed by atoms with Gasteiger partial charge in [-0.25, -0.2) is 0 Å². The van der Waals surface area contributed by atoms with Crippen molar-refractivity contribution in [2.24, 2.45) is 0 Å². The molecule has 1 amide bonds. The van der Waals surface area contributed by atoms with E-state index in [2.05, 4.69) is 0 Å². The first kappa shape index (κ1) is 15.3. The van der Waals surface area contributed by atoms with Crippen molar-refractivity contribution in [3.05, 3.63) is 78.4 Å². The number of phenols is 2. The van der Waals surface area contributed by atoms with Gasteiger partial charge < -0.3 is 15.1 Å². The van der Waals surface area contributed by atoms with Crippen molar-refractivity contribution >= 4 is 11.6 Å². The van der Waals surface area contributed by atoms with Crippen LogP contribution in [0.4, 0.5) is 5.69 Å². The van der Waals surface area contributed by atoms with E-state index in [1.54, 1.807) is 29.2 Å². The van der Waals surface area contributed by atoms with Crippen molar-refractivity contribution < 1.29 is 15.0 Å². The Morgan fingerprint density at radius 1 is 0.840 bits per heavy atom. The molecule has 2 N–H and O–H groups in total. The largest absolute Gasteiger partial charge is 0.508 e. The first-order valence-electron chi connectivity index (χ1n) is 8.13. The number of carbonyl (C=O) groups is 1. The molecule has 1 unspecified atom stereocenters. The number of benzene rings is 3. The zero-order valence-electron chi connectivity index (χ0n) is 13.5. The third-order valence-corrected chi connectivity index (χ3v) is 4.59. The highest BCUT2D eigenvalue weighted by Crippen LogP contribution is 2.43. The number of amides is 1. The Morgan fingerprint density at radius 3 is 2.24 bits per heavy atom. The Morgan fingerprint density at radius 2 is 1.56 bits per heavy atom. The molecule has 1 fully saturated rings. The Hall–Kier alpha value is -3.27. The first-order valence-corrected chi connectivity index (χ1v) is 8.13. The van der Waals surface area contributed by atoms with E-state index in [1.165, 1.54) is 0 Å². The monoisotopic (exact) mass is 331 g/mol. The van der Waals surface area contributed by atoms with Gasteiger partial charge in [-0.05, 0) is 29.8 Å². The summed E-state index contributed by atoms with van der Waals surface area (Å²) < 4.78 is 0. The van der Waals surface area contributed by atoms with Gasteiger partial charge >= 0.3 is 0 Å². The molecule has 1 saturated heterocycles. The molecule has 124 valence electrons. The van der Waals surface area contributed by atoms with Crippen molar-refractivity contribution in [2.45, 2.75) is 12.5 Å². The van der Waals surface area contributed by atoms with E-state index in [0.29, 0.717) is 17.5 Å². The fraction of sp³-hybridized carbons (Fsp3) is 0.0952. The molecule has 25 heavy (non-hydrogen) atoms. The number of hydrogen-bond donors (Lipinski definition) is 2. The van der Waals surface area contributed by atoms with Crippen LogP contribution in [0.25, 0.3) is 11.1 Å². The fourth-order valence-corrected chi connectivity index (χ4v) is 3.29. The van der Waals surface area contributed by atoms with Crippen molar-refractivity contribution in [3.8, 4) is 22.6 Å². The lowest BCUT2D eigenvalue weighted by Crippen LogP contribution is -2.46. The average Bonchev–Trinajstić information content (AvgIpc) is 2.61. The Kier molecular flexibility index (Phi) is 3.65. The molecular weight excluding hydrogens is 314 g/mol. The number of rotatable bonds is 3. The van der Waals surface area contributed by atoms with Crippen LogP contribution in [0.5, 0.6) is 11.5 Å². The maximum absolute atomic E-state index is 12.1. The summed E-state index contributed by atoms with van der Waals surface area (Å²) in [5, 5.41) is 20.5. The summed E-state index contributed by atoms with van der Waals surface area (Å²) in [5.41, 5.74) is 2.93. The highest BCUT2D eigenvalue weighted by Gasteiger charge is 2.39. The van der Waals surface area contributed by atoms with Gasteiger partial charge in [0.25, 0.3) is 0 Å². The van der Waals surface area contributed by atoms with Gasteiger partial charge in [0.2, 0.25) is 5.91 Å². The Balaban J connectivity index is 1.68. The second-order valence-electron chi connectivity index (χ2n) is 6.11. The molecule has 1 aliphatic rings. The summed E-state index contributed by atoms with van der Waals surface area (Å²) in [5.74, 6) is 0.332. The number of carbonyl (C=O) groups excluding carboxylic acids is 1. The predicted molar refractivity (Wildman–Crippen MR) is 96.5 cm³/mol. The second-order valence-corrected chi connectivity index (χ2v) is 6.11. The zero-order chi connectivity index (χ0) is 17.4. The third-order valence-electron chi connectivity index (χ3n) is 4.59. The molecule has 3 aromatic rings. The lowest BCUT2D eigenvalue weighted by molar-refractivity contribution is -0.124. The fourth-order valence-electron chi connectivity index (χ4n) is 3.29. The van der Waals surface area contributed by atoms with Crippen LogP contribution in [-0.2, 0) is 4.79 Å². The number of para-hydroxylation sites is 2. The maximum Gasteiger partial charge on any atom is 0.230 e. The van der Waals surface area contributed by atoms with Gasteiger partial charge in [-0.15, -0.1) is 0 Å². The summed E-state index contributed by atoms with van der Waals surface area (Å²) in [6.45, 7) is 0. The molecule has 0 radical (unpaired) electrons. The van der Waals surface area contributed by atoms with Crippen molar-refractivity contribution in [2.75, 3.05) is 4.90 Å². The minimum absolute atomic E-state index is 0.0420. The Bertz CT molecular complexity index is 937. The van der Waals surface area contributed by atoms with Gasteiger partial charge in [0.15, 0.2) is 0 Å². The molecule has 1 aliphatic heterocycles. The molecule has 0 aromatic heterocycles. The summed E-state index contributed by atoms with van der Waals surface area (Å²) >= 11 is 0. The highest BCUT2D eigenvalue weighted by molar-refractivity contribution is 6.01. The van der Waals surface area contributed by atoms with Gasteiger partial charge in [0, 0.05) is 16.8 Å². The molecule has 0 bridgehead atoms. The first-order chi connectivity index (χ1) is 12.1. The van der Waals surface area contributed by atoms with E-state index in [0.717, 1.165) is 11.3 Å². The zero-order valence-corrected chi connectivity index (χ0v) is 13.5. The van der Waals surface area contributed by atoms with Crippen LogP contribution in [0.1, 0.15) is 18.0 Å². The van der Waals surface area contributed by atoms with E-state index in [-0.39, 0.29) is 23.4 Å². The van der Waals surface area contributed by atoms with Crippen LogP contribution in [0.2, 0.25) is 0 Å². The standard InChI is InChI=1S/C21H17NO3/c23-19-9-5-4-8-16(19)14-10-11-17(20(24)12-14)18-13-21(25)22(18)15-6-2-1-3-7-15/h1-12,18,23-24H,13H2. The van der Waals surface area contributed by atoms with E-state index >= 15 is 0 Å². The van der Waals surface area contributed by atoms with Gasteiger partial charge in [0.1, 0.15) is 11.5 Å². The summed E-state index contributed by atoms with van der Waals surface area (Å²) in [4.78, 5) is 13.8. The van der Waals surface area contributed by atoms with Crippen LogP contribution < -0.4 is 4.90 Å². The minimum atomic E-state index is -0.173. The number of nitrogens with zero attached hydrogens (tertiary/aromatic N) is 1. The maximum atomic E-state index is 12.1. The highest BCUT2D eigenvalue weighted by atomic mass is 16.3. The van der Waals surface area contributed by atoms with Crippen molar-refractivity contribution in [3.63, 3.8) is 0 Å². The summed E-state index contributed by atoms with van der Waals surface area (Å²) in [7, 11) is 0. The lowest BCUT2D eigenvalue weighted by Gasteiger charge is -2.41. The molecule has 4 rings (SSSR count). The van der Waals surface area contributed by atoms with Crippen LogP contribution in [-0.4, -0.2) is 16.1 Å². The van der Waals surface area contributed by atoms with Crippen LogP contribution in [0.15, 0.2) is 72.8 Å². The van der Waals surface area contributed by atoms with Crippen molar-refractivity contribution in [1.29, 1.82) is 0 Å². The number of hydrogen-bond acceptors (Lipinski definition) is 3. The lowest BCUT2D eigenvalue weighted by atomic mass is 9.90. The Labute approximate surface area is 145 Å². The molecule has 4 heteroatoms. The number of anilines is 1. The van der Waals surface area contributed by atoms with Gasteiger partial charge in [0.05, 0.1) is 12.5 Å². The van der Waals surface area contributed by atoms with E-state index < -0.39 is 0 Å². The summed E-state index contributed by atoms with van der Waals surface area (Å²) in [6.07, 6.45) is 0.373. The second kappa shape index (κ2) is 5.98. The summed E-state index contributed by atoms with van der Waals surface area (Å²) in [6, 6.07) is 21.6. The molecule has 3 aromatic carbocycles. The van der Waals surface area contributed by atoms with Crippen molar-refractivity contribution in [1.82, 2.24) is 0 Å². The smallest absolute Gasteiger partial charge is 0.230 e. The van der Waals surface area contributed by atoms with E-state index in [9.17, 15) is 15.0 Å². The number of phenolic OH excluding ortho intramolecular Hbond substituents is 2. The normalized spacial score (nSPS) is 16.6. The molecule has 4 nitrogen and oxygen atoms in total. The molecule has 1 heterocycles. The number of aromatic hydroxyl groups is 2. The molecule has 0 saturated carbocycles. The van der Waals surface area contributed by atoms with Crippen LogP contribution >= 0.6 is 0 Å². The molecule has 1 atom stereocenters. The quantitative estimate of drug-likeness (QED) is 0.706. The third kappa shape index (κ3) is 2.62. The van der Waals surface area contributed by atoms with Crippen LogP contribution in [0.3, 0.4) is 0 Å². The van der Waals surface area contributed by atoms with Gasteiger partial charge in [-0.1, -0.05) is 48.5 Å². The molecule has 0 aliphatic carbocycles. The van der Waals surface area contributed by atoms with E-state index in [4.69, 9.17) is 0 Å². The molecular formula is C21H17NO3. The average molecular weight is 331 g/mol. The minimum Gasteiger partial charge on any atom is -0.508 e. The van der Waals surface area contributed by atoms with Gasteiger partial charge in [-0.2, -0.15) is 0 Å².